The van der Waals surface area contributed by atoms with Gasteiger partial charge in [0.05, 0.1) is 0 Å². The summed E-state index contributed by atoms with van der Waals surface area (Å²) in [4.78, 5) is 0. The van der Waals surface area contributed by atoms with Gasteiger partial charge in [0, 0.05) is 0 Å². The maximum atomic E-state index is 5.82. The standard InChI is InChI=1S/C6H14Cl2Si/c1-5(9(7)8)6(2,3)4/h5,9H,1-4H3. The fraction of sp³-hybridized carbons (Fsp3) is 1.00. The molecule has 1 unspecified atom stereocenters. The van der Waals surface area contributed by atoms with E-state index >= 15 is 0 Å². The Kier molecular flexibility index (Phi) is 3.55. The van der Waals surface area contributed by atoms with E-state index in [-0.39, 0.29) is 5.41 Å². The van der Waals surface area contributed by atoms with E-state index in [1.54, 1.807) is 0 Å². The van der Waals surface area contributed by atoms with Crippen LogP contribution in [-0.4, -0.2) is 7.42 Å². The smallest absolute Gasteiger partial charge is 0.150 e. The van der Waals surface area contributed by atoms with E-state index in [4.69, 9.17) is 22.2 Å². The molecule has 0 aliphatic carbocycles. The molecule has 0 saturated heterocycles. The molecule has 0 rings (SSSR count). The first-order valence-corrected chi connectivity index (χ1v) is 7.29. The molecule has 56 valence electrons. The molecule has 0 aromatic carbocycles. The average Bonchev–Trinajstić information content (AvgIpc) is 1.62. The summed E-state index contributed by atoms with van der Waals surface area (Å²) in [6, 6.07) is 0. The van der Waals surface area contributed by atoms with E-state index < -0.39 is 7.42 Å². The van der Waals surface area contributed by atoms with Crippen LogP contribution in [0.1, 0.15) is 27.7 Å². The van der Waals surface area contributed by atoms with Crippen molar-refractivity contribution in [2.45, 2.75) is 33.2 Å². The summed E-state index contributed by atoms with van der Waals surface area (Å²) >= 11 is 11.6. The van der Waals surface area contributed by atoms with Gasteiger partial charge in [0.15, 0.2) is 0 Å². The van der Waals surface area contributed by atoms with Gasteiger partial charge in [-0.15, -0.1) is 0 Å². The Morgan fingerprint density at radius 1 is 1.22 bits per heavy atom. The second-order valence-electron chi connectivity index (χ2n) is 3.49. The number of halogens is 2. The molecule has 0 nitrogen and oxygen atoms in total. The van der Waals surface area contributed by atoms with E-state index in [0.29, 0.717) is 5.54 Å². The lowest BCUT2D eigenvalue weighted by Crippen LogP contribution is -2.20. The van der Waals surface area contributed by atoms with Crippen LogP contribution < -0.4 is 0 Å². The van der Waals surface area contributed by atoms with Crippen LogP contribution in [0.25, 0.3) is 0 Å². The third-order valence-electron chi connectivity index (χ3n) is 1.74. The first-order valence-electron chi connectivity index (χ1n) is 3.14. The predicted octanol–water partition coefficient (Wildman–Crippen LogP) is 3.12. The molecule has 0 spiro atoms. The summed E-state index contributed by atoms with van der Waals surface area (Å²) in [6.45, 7) is 8.63. The lowest BCUT2D eigenvalue weighted by molar-refractivity contribution is 0.396. The molecule has 0 fully saturated rings. The summed E-state index contributed by atoms with van der Waals surface area (Å²) < 4.78 is 0. The van der Waals surface area contributed by atoms with E-state index in [0.717, 1.165) is 0 Å². The van der Waals surface area contributed by atoms with Crippen LogP contribution in [0.15, 0.2) is 0 Å². The Balaban J connectivity index is 3.88. The molecule has 0 saturated carbocycles. The SMILES string of the molecule is CC([SiH](Cl)Cl)C(C)(C)C. The van der Waals surface area contributed by atoms with Crippen LogP contribution in [0.4, 0.5) is 0 Å². The van der Waals surface area contributed by atoms with E-state index in [2.05, 4.69) is 27.7 Å². The number of hydrogen-bond donors (Lipinski definition) is 0. The van der Waals surface area contributed by atoms with Gasteiger partial charge in [-0.05, 0) is 11.0 Å². The molecule has 9 heavy (non-hydrogen) atoms. The molecule has 1 atom stereocenters. The highest BCUT2D eigenvalue weighted by molar-refractivity contribution is 7.34. The molecular weight excluding hydrogens is 171 g/mol. The van der Waals surface area contributed by atoms with Gasteiger partial charge in [0.2, 0.25) is 7.42 Å². The van der Waals surface area contributed by atoms with Crippen molar-refractivity contribution in [2.24, 2.45) is 5.41 Å². The third-order valence-corrected chi connectivity index (χ3v) is 5.77. The van der Waals surface area contributed by atoms with Crippen molar-refractivity contribution >= 4 is 29.6 Å². The molecule has 0 amide bonds. The largest absolute Gasteiger partial charge is 0.240 e. The van der Waals surface area contributed by atoms with Crippen molar-refractivity contribution in [3.8, 4) is 0 Å². The van der Waals surface area contributed by atoms with Gasteiger partial charge < -0.3 is 0 Å². The van der Waals surface area contributed by atoms with Crippen molar-refractivity contribution in [1.82, 2.24) is 0 Å². The molecule has 0 aliphatic heterocycles. The lowest BCUT2D eigenvalue weighted by atomic mass is 9.93. The Labute approximate surface area is 68.6 Å². The minimum absolute atomic E-state index is 0.278. The summed E-state index contributed by atoms with van der Waals surface area (Å²) in [6.07, 6.45) is 0. The second kappa shape index (κ2) is 3.27. The van der Waals surface area contributed by atoms with Crippen molar-refractivity contribution in [3.05, 3.63) is 0 Å². The van der Waals surface area contributed by atoms with Gasteiger partial charge in [-0.2, -0.15) is 22.2 Å². The van der Waals surface area contributed by atoms with Crippen LogP contribution >= 0.6 is 22.2 Å². The number of hydrogen-bond acceptors (Lipinski definition) is 0. The van der Waals surface area contributed by atoms with Crippen molar-refractivity contribution < 1.29 is 0 Å². The predicted molar refractivity (Wildman–Crippen MR) is 47.7 cm³/mol. The van der Waals surface area contributed by atoms with E-state index in [9.17, 15) is 0 Å². The molecule has 0 bridgehead atoms. The lowest BCUT2D eigenvalue weighted by Gasteiger charge is -2.26. The molecule has 0 heterocycles. The topological polar surface area (TPSA) is 0 Å². The van der Waals surface area contributed by atoms with Gasteiger partial charge in [-0.3, -0.25) is 0 Å². The Morgan fingerprint density at radius 2 is 1.56 bits per heavy atom. The molecule has 3 heteroatoms. The molecule has 0 aromatic heterocycles. The normalized spacial score (nSPS) is 16.3. The van der Waals surface area contributed by atoms with E-state index in [1.165, 1.54) is 0 Å². The van der Waals surface area contributed by atoms with Gasteiger partial charge in [0.1, 0.15) is 0 Å². The zero-order valence-corrected chi connectivity index (χ0v) is 9.08. The molecule has 0 aliphatic rings. The Hall–Kier alpha value is 0.797. The average molecular weight is 185 g/mol. The zero-order valence-electron chi connectivity index (χ0n) is 6.41. The molecule has 0 N–H and O–H groups in total. The fourth-order valence-electron chi connectivity index (χ4n) is 0.378. The molecule has 0 radical (unpaired) electrons. The Morgan fingerprint density at radius 3 is 1.56 bits per heavy atom. The summed E-state index contributed by atoms with van der Waals surface area (Å²) in [7, 11) is -1.45. The maximum absolute atomic E-state index is 5.82. The first kappa shape index (κ1) is 9.80. The quantitative estimate of drug-likeness (QED) is 0.435. The molecule has 0 aromatic rings. The summed E-state index contributed by atoms with van der Waals surface area (Å²) in [5.74, 6) is 0. The van der Waals surface area contributed by atoms with E-state index in [1.807, 2.05) is 0 Å². The second-order valence-corrected chi connectivity index (χ2v) is 8.65. The maximum Gasteiger partial charge on any atom is 0.240 e. The zero-order chi connectivity index (χ0) is 7.65. The van der Waals surface area contributed by atoms with Crippen LogP contribution in [0.3, 0.4) is 0 Å². The van der Waals surface area contributed by atoms with Gasteiger partial charge in [-0.25, -0.2) is 0 Å². The minimum atomic E-state index is -1.45. The van der Waals surface area contributed by atoms with Gasteiger partial charge in [-0.1, -0.05) is 27.7 Å². The summed E-state index contributed by atoms with van der Waals surface area (Å²) in [5, 5.41) is 0. The van der Waals surface area contributed by atoms with Gasteiger partial charge in [0.25, 0.3) is 0 Å². The van der Waals surface area contributed by atoms with Crippen LogP contribution in [0.2, 0.25) is 5.54 Å². The summed E-state index contributed by atoms with van der Waals surface area (Å²) in [5.41, 5.74) is 0.765. The molecular formula is C6H14Cl2Si. The highest BCUT2D eigenvalue weighted by Gasteiger charge is 2.26. The Bertz CT molecular complexity index is 85.5. The highest BCUT2D eigenvalue weighted by Crippen LogP contribution is 2.35. The van der Waals surface area contributed by atoms with Crippen LogP contribution in [0.5, 0.6) is 0 Å². The fourth-order valence-corrected chi connectivity index (χ4v) is 3.40. The van der Waals surface area contributed by atoms with Crippen LogP contribution in [0, 0.1) is 5.41 Å². The van der Waals surface area contributed by atoms with Gasteiger partial charge >= 0.3 is 0 Å². The van der Waals surface area contributed by atoms with Crippen molar-refractivity contribution in [3.63, 3.8) is 0 Å². The first-order chi connectivity index (χ1) is 3.85. The number of rotatable bonds is 1. The van der Waals surface area contributed by atoms with Crippen molar-refractivity contribution in [2.75, 3.05) is 0 Å². The monoisotopic (exact) mass is 184 g/mol. The minimum Gasteiger partial charge on any atom is -0.150 e. The third kappa shape index (κ3) is 3.49. The highest BCUT2D eigenvalue weighted by atomic mass is 35.7. The van der Waals surface area contributed by atoms with Crippen molar-refractivity contribution in [1.29, 1.82) is 0 Å². The van der Waals surface area contributed by atoms with Crippen LogP contribution in [-0.2, 0) is 0 Å².